The Morgan fingerprint density at radius 1 is 1.03 bits per heavy atom. The third-order valence-electron chi connectivity index (χ3n) is 5.27. The number of carboxylic acid groups (broad SMARTS) is 1. The lowest BCUT2D eigenvalue weighted by Crippen LogP contribution is -2.42. The van der Waals surface area contributed by atoms with Gasteiger partial charge in [0.1, 0.15) is 6.04 Å². The minimum Gasteiger partial charge on any atom is -0.755 e. The van der Waals surface area contributed by atoms with Crippen LogP contribution in [0.3, 0.4) is 0 Å². The van der Waals surface area contributed by atoms with Crippen LogP contribution in [0.15, 0.2) is 82.4 Å². The van der Waals surface area contributed by atoms with Crippen molar-refractivity contribution < 1.29 is 23.5 Å². The second kappa shape index (κ2) is 14.1. The van der Waals surface area contributed by atoms with E-state index < -0.39 is 23.3 Å². The molecule has 2 N–H and O–H groups in total. The number of halogens is 1. The number of hydrogen-bond acceptors (Lipinski definition) is 6. The number of anilines is 1. The number of aromatic nitrogens is 1. The number of hydrogen-bond donors (Lipinski definition) is 2. The molecule has 190 valence electrons. The van der Waals surface area contributed by atoms with Crippen LogP contribution < -0.4 is 9.62 Å². The van der Waals surface area contributed by atoms with Gasteiger partial charge in [0, 0.05) is 45.3 Å². The second-order valence-corrected chi connectivity index (χ2v) is 10.6. The maximum atomic E-state index is 12.0. The number of thioether (sulfide) groups is 1. The Morgan fingerprint density at radius 2 is 1.64 bits per heavy atom. The van der Waals surface area contributed by atoms with Crippen molar-refractivity contribution in [3.8, 4) is 11.1 Å². The van der Waals surface area contributed by atoms with Crippen molar-refractivity contribution in [1.29, 1.82) is 0 Å². The fourth-order valence-electron chi connectivity index (χ4n) is 3.48. The van der Waals surface area contributed by atoms with Crippen LogP contribution in [0.4, 0.5) is 5.69 Å². The van der Waals surface area contributed by atoms with Crippen LogP contribution in [0.2, 0.25) is 0 Å². The molecule has 1 amide bonds. The molecule has 3 rings (SSSR count). The summed E-state index contributed by atoms with van der Waals surface area (Å²) in [6, 6.07) is 16.8. The lowest BCUT2D eigenvalue weighted by atomic mass is 10.0. The average molecular weight is 592 g/mol. The van der Waals surface area contributed by atoms with E-state index in [-0.39, 0.29) is 23.8 Å². The third-order valence-corrected chi connectivity index (χ3v) is 7.60. The Balaban J connectivity index is 1.53. The molecule has 0 spiro atoms. The fourth-order valence-corrected chi connectivity index (χ4v) is 5.15. The van der Waals surface area contributed by atoms with Crippen molar-refractivity contribution in [2.24, 2.45) is 0 Å². The number of pyridine rings is 1. The first-order chi connectivity index (χ1) is 17.3. The van der Waals surface area contributed by atoms with Crippen molar-refractivity contribution in [2.45, 2.75) is 30.2 Å². The van der Waals surface area contributed by atoms with Gasteiger partial charge in [0.15, 0.2) is 0 Å². The number of nitrogens with zero attached hydrogens (tertiary/aromatic N) is 2. The molecule has 1 aromatic heterocycles. The van der Waals surface area contributed by atoms with Crippen molar-refractivity contribution in [1.82, 2.24) is 10.3 Å². The molecule has 0 saturated carbocycles. The van der Waals surface area contributed by atoms with Gasteiger partial charge in [-0.15, -0.1) is 11.8 Å². The Morgan fingerprint density at radius 3 is 2.22 bits per heavy atom. The highest BCUT2D eigenvalue weighted by Gasteiger charge is 2.26. The van der Waals surface area contributed by atoms with Gasteiger partial charge < -0.3 is 15.0 Å². The van der Waals surface area contributed by atoms with E-state index in [0.717, 1.165) is 24.8 Å². The van der Waals surface area contributed by atoms with Crippen LogP contribution in [0.25, 0.3) is 11.1 Å². The largest absolute Gasteiger partial charge is 0.755 e. The maximum absolute atomic E-state index is 12.0. The number of unbranched alkanes of at least 4 members (excludes halogenated alkanes) is 1. The van der Waals surface area contributed by atoms with Gasteiger partial charge in [-0.2, -0.15) is 0 Å². The molecule has 2 unspecified atom stereocenters. The molecule has 8 nitrogen and oxygen atoms in total. The molecule has 36 heavy (non-hydrogen) atoms. The molecule has 0 radical (unpaired) electrons. The van der Waals surface area contributed by atoms with Gasteiger partial charge in [0.25, 0.3) is 0 Å². The Kier molecular flexibility index (Phi) is 10.9. The van der Waals surface area contributed by atoms with Gasteiger partial charge in [-0.05, 0) is 66.8 Å². The number of amides is 1. The summed E-state index contributed by atoms with van der Waals surface area (Å²) in [5.74, 6) is -1.09. The molecule has 0 aliphatic heterocycles. The lowest BCUT2D eigenvalue weighted by Gasteiger charge is -2.32. The Bertz CT molecular complexity index is 1160. The van der Waals surface area contributed by atoms with Crippen molar-refractivity contribution in [3.05, 3.63) is 77.5 Å². The molecule has 2 aromatic carbocycles. The molecule has 0 aliphatic rings. The molecule has 0 fully saturated rings. The summed E-state index contributed by atoms with van der Waals surface area (Å²) in [6.45, 7) is 0.379. The van der Waals surface area contributed by atoms with E-state index in [4.69, 9.17) is 0 Å². The zero-order valence-corrected chi connectivity index (χ0v) is 22.4. The number of carboxylic acids is 1. The van der Waals surface area contributed by atoms with Crippen LogP contribution in [0.1, 0.15) is 19.3 Å². The number of carbonyl (C=O) groups is 2. The highest BCUT2D eigenvalue weighted by atomic mass is 79.9. The number of aliphatic carboxylic acids is 1. The maximum Gasteiger partial charge on any atom is 0.327 e. The number of nitrogens with one attached hydrogen (secondary N) is 1. The zero-order chi connectivity index (χ0) is 25.9. The predicted molar refractivity (Wildman–Crippen MR) is 144 cm³/mol. The van der Waals surface area contributed by atoms with E-state index in [1.807, 2.05) is 36.4 Å². The summed E-state index contributed by atoms with van der Waals surface area (Å²) in [4.78, 5) is 28.8. The van der Waals surface area contributed by atoms with Gasteiger partial charge in [0.05, 0.1) is 5.75 Å². The fraction of sp³-hybridized carbons (Fsp3) is 0.240. The van der Waals surface area contributed by atoms with Crippen LogP contribution in [-0.2, 0) is 20.9 Å². The first-order valence-electron chi connectivity index (χ1n) is 11.1. The minimum atomic E-state index is -2.78. The van der Waals surface area contributed by atoms with Crippen LogP contribution in [-0.4, -0.2) is 49.1 Å². The van der Waals surface area contributed by atoms with Crippen molar-refractivity contribution in [3.63, 3.8) is 0 Å². The molecule has 0 bridgehead atoms. The lowest BCUT2D eigenvalue weighted by molar-refractivity contribution is -0.138. The summed E-state index contributed by atoms with van der Waals surface area (Å²) in [7, 11) is 0. The van der Waals surface area contributed by atoms with E-state index in [0.29, 0.717) is 19.4 Å². The molecule has 3 aromatic rings. The van der Waals surface area contributed by atoms with Crippen LogP contribution >= 0.6 is 27.7 Å². The number of rotatable bonds is 13. The predicted octanol–water partition coefficient (Wildman–Crippen LogP) is 4.64. The molecule has 0 saturated heterocycles. The first-order valence-corrected chi connectivity index (χ1v) is 13.9. The van der Waals surface area contributed by atoms with E-state index >= 15 is 0 Å². The van der Waals surface area contributed by atoms with Crippen molar-refractivity contribution >= 4 is 56.5 Å². The van der Waals surface area contributed by atoms with Gasteiger partial charge in [-0.3, -0.25) is 18.3 Å². The normalized spacial score (nSPS) is 12.5. The SMILES string of the molecule is O=C(CSc1ccncc1)NCCCCC(C(=O)O)N(c1ccc(-c2ccc(Br)cc2)cc1)S(=O)[O-]. The Hall–Kier alpha value is -2.73. The molecular weight excluding hydrogens is 566 g/mol. The van der Waals surface area contributed by atoms with Crippen molar-refractivity contribution in [2.75, 3.05) is 16.6 Å². The van der Waals surface area contributed by atoms with Crippen LogP contribution in [0.5, 0.6) is 0 Å². The second-order valence-electron chi connectivity index (χ2n) is 7.77. The number of carbonyl (C=O) groups excluding carboxylic acids is 1. The average Bonchev–Trinajstić information content (AvgIpc) is 2.87. The van der Waals surface area contributed by atoms with E-state index in [1.165, 1.54) is 11.8 Å². The summed E-state index contributed by atoms with van der Waals surface area (Å²) >= 11 is 2.02. The summed E-state index contributed by atoms with van der Waals surface area (Å²) < 4.78 is 25.8. The van der Waals surface area contributed by atoms with Gasteiger partial charge in [0.2, 0.25) is 5.91 Å². The minimum absolute atomic E-state index is 0.111. The topological polar surface area (TPSA) is 123 Å². The highest BCUT2D eigenvalue weighted by Crippen LogP contribution is 2.27. The molecule has 0 aliphatic carbocycles. The van der Waals surface area contributed by atoms with Gasteiger partial charge in [-0.25, -0.2) is 4.79 Å². The quantitative estimate of drug-likeness (QED) is 0.169. The van der Waals surface area contributed by atoms with Gasteiger partial charge >= 0.3 is 5.97 Å². The first kappa shape index (κ1) is 27.9. The smallest absolute Gasteiger partial charge is 0.327 e. The summed E-state index contributed by atoms with van der Waals surface area (Å²) in [5.41, 5.74) is 2.11. The summed E-state index contributed by atoms with van der Waals surface area (Å²) in [6.07, 6.45) is 4.39. The summed E-state index contributed by atoms with van der Waals surface area (Å²) in [5, 5.41) is 12.5. The van der Waals surface area contributed by atoms with E-state index in [2.05, 4.69) is 26.2 Å². The van der Waals surface area contributed by atoms with E-state index in [1.54, 1.807) is 36.7 Å². The third kappa shape index (κ3) is 8.44. The molecule has 2 atom stereocenters. The Labute approximate surface area is 225 Å². The monoisotopic (exact) mass is 590 g/mol. The zero-order valence-electron chi connectivity index (χ0n) is 19.2. The number of benzene rings is 2. The molecule has 11 heteroatoms. The molecular formula is C25H25BrN3O5S2-. The highest BCUT2D eigenvalue weighted by molar-refractivity contribution is 9.10. The van der Waals surface area contributed by atoms with E-state index in [9.17, 15) is 23.5 Å². The standard InChI is InChI=1S/C25H26BrN3O5S2/c26-20-8-4-18(5-9-20)19-6-10-21(11-7-19)29(36(33)34)23(25(31)32)3-1-2-14-28-24(30)17-35-22-12-15-27-16-13-22/h4-13,15-16,23H,1-3,14,17H2,(H,28,30)(H,31,32)(H,33,34)/p-1. The van der Waals surface area contributed by atoms with Crippen LogP contribution in [0, 0.1) is 0 Å². The molecule has 1 heterocycles. The van der Waals surface area contributed by atoms with Gasteiger partial charge in [-0.1, -0.05) is 40.2 Å².